The molecule has 116 valence electrons. The topological polar surface area (TPSA) is 99.3 Å². The van der Waals surface area contributed by atoms with Crippen molar-refractivity contribution in [2.45, 2.75) is 13.0 Å². The van der Waals surface area contributed by atoms with E-state index >= 15 is 0 Å². The number of nitrogens with zero attached hydrogens (tertiary/aromatic N) is 4. The Kier molecular flexibility index (Phi) is 4.00. The van der Waals surface area contributed by atoms with Crippen molar-refractivity contribution in [1.29, 1.82) is 5.26 Å². The summed E-state index contributed by atoms with van der Waals surface area (Å²) < 4.78 is 5.75. The van der Waals surface area contributed by atoms with Gasteiger partial charge in [-0.2, -0.15) is 5.26 Å². The molecule has 0 saturated heterocycles. The van der Waals surface area contributed by atoms with Crippen molar-refractivity contribution < 1.29 is 14.6 Å². The van der Waals surface area contributed by atoms with Crippen molar-refractivity contribution in [2.75, 3.05) is 6.54 Å². The Bertz CT molecular complexity index is 819. The first-order chi connectivity index (χ1) is 11.1. The molecule has 1 aromatic heterocycles. The maximum Gasteiger partial charge on any atom is 0.407 e. The summed E-state index contributed by atoms with van der Waals surface area (Å²) in [6.07, 6.45) is 0.788. The molecule has 23 heavy (non-hydrogen) atoms. The summed E-state index contributed by atoms with van der Waals surface area (Å²) in [5, 5.41) is 18.3. The van der Waals surface area contributed by atoms with Crippen molar-refractivity contribution in [3.8, 4) is 17.7 Å². The number of fused-ring (bicyclic) bond motifs is 1. The summed E-state index contributed by atoms with van der Waals surface area (Å²) >= 11 is 6.13. The van der Waals surface area contributed by atoms with Gasteiger partial charge in [0.1, 0.15) is 23.2 Å². The Morgan fingerprint density at radius 1 is 1.43 bits per heavy atom. The lowest BCUT2D eigenvalue weighted by atomic mass is 10.1. The van der Waals surface area contributed by atoms with Gasteiger partial charge in [0.15, 0.2) is 0 Å². The zero-order valence-electron chi connectivity index (χ0n) is 11.9. The molecule has 0 saturated carbocycles. The Balaban J connectivity index is 1.93. The molecule has 0 spiro atoms. The number of halogens is 1. The number of carbonyl (C=O) groups is 1. The van der Waals surface area contributed by atoms with E-state index in [1.165, 1.54) is 11.2 Å². The van der Waals surface area contributed by atoms with Gasteiger partial charge >= 0.3 is 6.09 Å². The number of amides is 1. The van der Waals surface area contributed by atoms with Crippen LogP contribution in [0.3, 0.4) is 0 Å². The predicted molar refractivity (Wildman–Crippen MR) is 80.4 cm³/mol. The summed E-state index contributed by atoms with van der Waals surface area (Å²) in [6.45, 7) is 0.535. The molecule has 1 aliphatic rings. The average molecular weight is 331 g/mol. The third kappa shape index (κ3) is 2.89. The van der Waals surface area contributed by atoms with E-state index in [9.17, 15) is 4.79 Å². The zero-order valence-corrected chi connectivity index (χ0v) is 12.6. The molecule has 0 radical (unpaired) electrons. The highest BCUT2D eigenvalue weighted by molar-refractivity contribution is 6.33. The molecule has 1 aromatic carbocycles. The number of rotatable bonds is 2. The third-order valence-electron chi connectivity index (χ3n) is 3.53. The van der Waals surface area contributed by atoms with E-state index in [2.05, 4.69) is 9.97 Å². The second-order valence-corrected chi connectivity index (χ2v) is 5.27. The van der Waals surface area contributed by atoms with Crippen molar-refractivity contribution >= 4 is 17.7 Å². The first kappa shape index (κ1) is 15.1. The van der Waals surface area contributed by atoms with E-state index in [-0.39, 0.29) is 11.6 Å². The van der Waals surface area contributed by atoms with Crippen LogP contribution < -0.4 is 4.74 Å². The van der Waals surface area contributed by atoms with Crippen LogP contribution in [-0.2, 0) is 13.0 Å². The van der Waals surface area contributed by atoms with Gasteiger partial charge in [-0.15, -0.1) is 0 Å². The van der Waals surface area contributed by atoms with Crippen LogP contribution in [0, 0.1) is 11.3 Å². The van der Waals surface area contributed by atoms with Gasteiger partial charge in [-0.05, 0) is 18.6 Å². The van der Waals surface area contributed by atoms with Crippen molar-refractivity contribution in [1.82, 2.24) is 14.9 Å². The van der Waals surface area contributed by atoms with Gasteiger partial charge in [-0.25, -0.2) is 14.8 Å². The van der Waals surface area contributed by atoms with Crippen LogP contribution in [0.25, 0.3) is 0 Å². The number of hydrogen-bond donors (Lipinski definition) is 1. The molecule has 0 aliphatic carbocycles. The van der Waals surface area contributed by atoms with E-state index in [1.54, 1.807) is 18.2 Å². The molecular formula is C15H11ClN4O3. The minimum absolute atomic E-state index is 0.190. The number of carboxylic acid groups (broad SMARTS) is 1. The van der Waals surface area contributed by atoms with Crippen LogP contribution in [0.5, 0.6) is 11.6 Å². The maximum absolute atomic E-state index is 11.1. The SMILES string of the molecule is N#Cc1cccc(Oc2ncnc3c2CCN(C(=O)O)C3)c1Cl. The molecule has 8 heteroatoms. The quantitative estimate of drug-likeness (QED) is 0.908. The monoisotopic (exact) mass is 330 g/mol. The van der Waals surface area contributed by atoms with E-state index in [0.29, 0.717) is 35.9 Å². The molecule has 0 bridgehead atoms. The fourth-order valence-electron chi connectivity index (χ4n) is 2.36. The lowest BCUT2D eigenvalue weighted by Gasteiger charge is -2.26. The Hall–Kier alpha value is -2.85. The second kappa shape index (κ2) is 6.10. The maximum atomic E-state index is 11.1. The number of ether oxygens (including phenoxy) is 1. The molecule has 1 aliphatic heterocycles. The fraction of sp³-hybridized carbons (Fsp3) is 0.200. The first-order valence-corrected chi connectivity index (χ1v) is 7.15. The number of benzene rings is 1. The zero-order chi connectivity index (χ0) is 16.4. The van der Waals surface area contributed by atoms with Crippen molar-refractivity contribution in [3.05, 3.63) is 46.4 Å². The average Bonchev–Trinajstić information content (AvgIpc) is 2.56. The smallest absolute Gasteiger partial charge is 0.407 e. The van der Waals surface area contributed by atoms with Crippen LogP contribution in [0.2, 0.25) is 5.02 Å². The Morgan fingerprint density at radius 3 is 3.00 bits per heavy atom. The van der Waals surface area contributed by atoms with Crippen molar-refractivity contribution in [3.63, 3.8) is 0 Å². The lowest BCUT2D eigenvalue weighted by Crippen LogP contribution is -2.35. The molecule has 0 atom stereocenters. The first-order valence-electron chi connectivity index (χ1n) is 6.77. The lowest BCUT2D eigenvalue weighted by molar-refractivity contribution is 0.138. The highest BCUT2D eigenvalue weighted by Crippen LogP contribution is 2.34. The van der Waals surface area contributed by atoms with Gasteiger partial charge in [0.05, 0.1) is 17.8 Å². The number of hydrogen-bond acceptors (Lipinski definition) is 5. The van der Waals surface area contributed by atoms with Crippen molar-refractivity contribution in [2.24, 2.45) is 0 Å². The van der Waals surface area contributed by atoms with Crippen LogP contribution >= 0.6 is 11.6 Å². The molecule has 7 nitrogen and oxygen atoms in total. The van der Waals surface area contributed by atoms with Gasteiger partial charge in [-0.1, -0.05) is 17.7 Å². The summed E-state index contributed by atoms with van der Waals surface area (Å²) in [5.74, 6) is 0.657. The second-order valence-electron chi connectivity index (χ2n) is 4.89. The van der Waals surface area contributed by atoms with Crippen LogP contribution in [-0.4, -0.2) is 32.6 Å². The molecule has 1 amide bonds. The van der Waals surface area contributed by atoms with Crippen LogP contribution in [0.1, 0.15) is 16.8 Å². The standard InChI is InChI=1S/C15H11ClN4O3/c16-13-9(6-17)2-1-3-12(13)23-14-10-4-5-20(15(21)22)7-11(10)18-8-19-14/h1-3,8H,4-5,7H2,(H,21,22). The highest BCUT2D eigenvalue weighted by atomic mass is 35.5. The third-order valence-corrected chi connectivity index (χ3v) is 3.92. The van der Waals surface area contributed by atoms with Gasteiger partial charge in [0.2, 0.25) is 5.88 Å². The van der Waals surface area contributed by atoms with E-state index in [0.717, 1.165) is 5.56 Å². The number of aromatic nitrogens is 2. The van der Waals surface area contributed by atoms with Crippen LogP contribution in [0.15, 0.2) is 24.5 Å². The fourth-order valence-corrected chi connectivity index (χ4v) is 2.56. The molecule has 0 unspecified atom stereocenters. The van der Waals surface area contributed by atoms with Gasteiger partial charge in [-0.3, -0.25) is 0 Å². The van der Waals surface area contributed by atoms with Gasteiger partial charge in [0, 0.05) is 12.1 Å². The molecule has 3 rings (SSSR count). The Morgan fingerprint density at radius 2 is 2.26 bits per heavy atom. The largest absolute Gasteiger partial charge is 0.465 e. The summed E-state index contributed by atoms with van der Waals surface area (Å²) in [5.41, 5.74) is 1.67. The summed E-state index contributed by atoms with van der Waals surface area (Å²) in [4.78, 5) is 20.6. The van der Waals surface area contributed by atoms with Gasteiger partial charge < -0.3 is 14.7 Å². The summed E-state index contributed by atoms with van der Waals surface area (Å²) in [7, 11) is 0. The highest BCUT2D eigenvalue weighted by Gasteiger charge is 2.25. The Labute approximate surface area is 136 Å². The molecule has 2 aromatic rings. The molecule has 1 N–H and O–H groups in total. The minimum Gasteiger partial charge on any atom is -0.465 e. The predicted octanol–water partition coefficient (Wildman–Crippen LogP) is 2.83. The van der Waals surface area contributed by atoms with E-state index in [1.807, 2.05) is 6.07 Å². The minimum atomic E-state index is -0.985. The number of nitriles is 1. The van der Waals surface area contributed by atoms with Crippen LogP contribution in [0.4, 0.5) is 4.79 Å². The van der Waals surface area contributed by atoms with E-state index < -0.39 is 6.09 Å². The molecule has 2 heterocycles. The summed E-state index contributed by atoms with van der Waals surface area (Å²) in [6, 6.07) is 6.89. The molecular weight excluding hydrogens is 320 g/mol. The molecule has 0 fully saturated rings. The normalized spacial score (nSPS) is 13.1. The van der Waals surface area contributed by atoms with E-state index in [4.69, 9.17) is 26.7 Å². The van der Waals surface area contributed by atoms with Gasteiger partial charge in [0.25, 0.3) is 0 Å².